The van der Waals surface area contributed by atoms with Crippen LogP contribution in [0.25, 0.3) is 11.4 Å². The van der Waals surface area contributed by atoms with Gasteiger partial charge in [-0.1, -0.05) is 18.0 Å². The van der Waals surface area contributed by atoms with Gasteiger partial charge in [0.05, 0.1) is 0 Å². The maximum Gasteiger partial charge on any atom is 0.227 e. The minimum Gasteiger partial charge on any atom is -0.342 e. The van der Waals surface area contributed by atoms with Crippen molar-refractivity contribution in [1.29, 1.82) is 0 Å². The number of piperidine rings is 1. The van der Waals surface area contributed by atoms with Crippen molar-refractivity contribution in [3.63, 3.8) is 0 Å². The van der Waals surface area contributed by atoms with Crippen LogP contribution in [-0.4, -0.2) is 34.0 Å². The molecule has 1 saturated heterocycles. The molecule has 2 aromatic rings. The Morgan fingerprint density at radius 2 is 2.17 bits per heavy atom. The van der Waals surface area contributed by atoms with Crippen LogP contribution in [0.2, 0.25) is 0 Å². The largest absolute Gasteiger partial charge is 0.342 e. The third-order valence-corrected chi connectivity index (χ3v) is 5.93. The first-order valence-corrected chi connectivity index (χ1v) is 9.88. The van der Waals surface area contributed by atoms with E-state index in [-0.39, 0.29) is 5.92 Å². The lowest BCUT2D eigenvalue weighted by Crippen LogP contribution is -2.43. The van der Waals surface area contributed by atoms with Crippen LogP contribution < -0.4 is 0 Å². The van der Waals surface area contributed by atoms with Gasteiger partial charge in [-0.25, -0.2) is 0 Å². The number of nitrogens with zero attached hydrogens (tertiary/aromatic N) is 3. The molecule has 1 unspecified atom stereocenters. The SMILES string of the molecule is O=C(C1CCCC1)N1CCCC(Cc2nc(-c3ccsc3)no2)C1. The third-order valence-electron chi connectivity index (χ3n) is 5.25. The van der Waals surface area contributed by atoms with Gasteiger partial charge in [-0.2, -0.15) is 16.3 Å². The van der Waals surface area contributed by atoms with Gasteiger partial charge >= 0.3 is 0 Å². The fourth-order valence-electron chi connectivity index (χ4n) is 3.96. The van der Waals surface area contributed by atoms with Crippen molar-refractivity contribution in [1.82, 2.24) is 15.0 Å². The molecule has 4 rings (SSSR count). The minimum atomic E-state index is 0.275. The zero-order chi connectivity index (χ0) is 16.4. The van der Waals surface area contributed by atoms with Gasteiger partial charge in [0.25, 0.3) is 0 Å². The molecule has 5 nitrogen and oxygen atoms in total. The Bertz CT molecular complexity index is 676. The molecule has 0 N–H and O–H groups in total. The zero-order valence-electron chi connectivity index (χ0n) is 13.8. The van der Waals surface area contributed by atoms with Crippen LogP contribution in [0, 0.1) is 11.8 Å². The molecular weight excluding hydrogens is 322 g/mol. The fourth-order valence-corrected chi connectivity index (χ4v) is 4.59. The lowest BCUT2D eigenvalue weighted by Gasteiger charge is -2.33. The lowest BCUT2D eigenvalue weighted by atomic mass is 9.93. The normalized spacial score (nSPS) is 22.2. The summed E-state index contributed by atoms with van der Waals surface area (Å²) in [5.41, 5.74) is 1.01. The highest BCUT2D eigenvalue weighted by molar-refractivity contribution is 7.08. The quantitative estimate of drug-likeness (QED) is 0.846. The molecule has 0 spiro atoms. The van der Waals surface area contributed by atoms with Crippen molar-refractivity contribution in [2.75, 3.05) is 13.1 Å². The van der Waals surface area contributed by atoms with E-state index in [0.717, 1.165) is 50.8 Å². The van der Waals surface area contributed by atoms with E-state index < -0.39 is 0 Å². The molecule has 2 aromatic heterocycles. The van der Waals surface area contributed by atoms with E-state index in [1.807, 2.05) is 16.8 Å². The molecule has 1 atom stereocenters. The Morgan fingerprint density at radius 1 is 1.29 bits per heavy atom. The minimum absolute atomic E-state index is 0.275. The van der Waals surface area contributed by atoms with Gasteiger partial charge in [-0.3, -0.25) is 4.79 Å². The molecule has 0 radical (unpaired) electrons. The first-order valence-electron chi connectivity index (χ1n) is 8.93. The number of likely N-dealkylation sites (tertiary alicyclic amines) is 1. The van der Waals surface area contributed by atoms with E-state index >= 15 is 0 Å². The standard InChI is InChI=1S/C18H23N3O2S/c22-18(14-5-1-2-6-14)21-8-3-4-13(11-21)10-16-19-17(20-23-16)15-7-9-24-12-15/h7,9,12-14H,1-6,8,10-11H2. The summed E-state index contributed by atoms with van der Waals surface area (Å²) in [5.74, 6) is 2.44. The highest BCUT2D eigenvalue weighted by Gasteiger charge is 2.31. The number of carbonyl (C=O) groups is 1. The van der Waals surface area contributed by atoms with E-state index in [1.165, 1.54) is 12.8 Å². The maximum atomic E-state index is 12.6. The first-order chi connectivity index (χ1) is 11.8. The smallest absolute Gasteiger partial charge is 0.227 e. The molecule has 24 heavy (non-hydrogen) atoms. The number of rotatable bonds is 4. The summed E-state index contributed by atoms with van der Waals surface area (Å²) in [7, 11) is 0. The van der Waals surface area contributed by atoms with Crippen LogP contribution in [0.3, 0.4) is 0 Å². The van der Waals surface area contributed by atoms with E-state index in [2.05, 4.69) is 15.0 Å². The average molecular weight is 345 g/mol. The third kappa shape index (κ3) is 3.38. The summed E-state index contributed by atoms with van der Waals surface area (Å²) in [6, 6.07) is 2.00. The van der Waals surface area contributed by atoms with Crippen LogP contribution in [0.1, 0.15) is 44.4 Å². The van der Waals surface area contributed by atoms with Gasteiger partial charge in [0.15, 0.2) is 0 Å². The Labute approximate surface area is 146 Å². The van der Waals surface area contributed by atoms with Crippen molar-refractivity contribution in [2.24, 2.45) is 11.8 Å². The molecule has 2 aliphatic rings. The molecular formula is C18H23N3O2S. The predicted octanol–water partition coefficient (Wildman–Crippen LogP) is 3.77. The molecule has 0 bridgehead atoms. The van der Waals surface area contributed by atoms with Crippen LogP contribution in [0.4, 0.5) is 0 Å². The number of hydrogen-bond donors (Lipinski definition) is 0. The Hall–Kier alpha value is -1.69. The van der Waals surface area contributed by atoms with E-state index in [9.17, 15) is 4.79 Å². The molecule has 1 amide bonds. The van der Waals surface area contributed by atoms with Crippen LogP contribution in [-0.2, 0) is 11.2 Å². The number of thiophene rings is 1. The topological polar surface area (TPSA) is 59.2 Å². The molecule has 3 heterocycles. The van der Waals surface area contributed by atoms with Crippen molar-refractivity contribution in [2.45, 2.75) is 44.9 Å². The molecule has 0 aromatic carbocycles. The van der Waals surface area contributed by atoms with Crippen LogP contribution in [0.5, 0.6) is 0 Å². The summed E-state index contributed by atoms with van der Waals surface area (Å²) >= 11 is 1.63. The maximum absolute atomic E-state index is 12.6. The van der Waals surface area contributed by atoms with Gasteiger partial charge in [0.1, 0.15) is 0 Å². The number of hydrogen-bond acceptors (Lipinski definition) is 5. The van der Waals surface area contributed by atoms with Crippen LogP contribution in [0.15, 0.2) is 21.3 Å². The summed E-state index contributed by atoms with van der Waals surface area (Å²) in [6.45, 7) is 1.75. The van der Waals surface area contributed by atoms with E-state index in [1.54, 1.807) is 11.3 Å². The fraction of sp³-hybridized carbons (Fsp3) is 0.611. The molecule has 1 saturated carbocycles. The van der Waals surface area contributed by atoms with Crippen molar-refractivity contribution in [3.05, 3.63) is 22.7 Å². The monoisotopic (exact) mass is 345 g/mol. The van der Waals surface area contributed by atoms with Gasteiger partial charge in [0, 0.05) is 36.4 Å². The summed E-state index contributed by atoms with van der Waals surface area (Å²) < 4.78 is 5.43. The van der Waals surface area contributed by atoms with Crippen molar-refractivity contribution < 1.29 is 9.32 Å². The van der Waals surface area contributed by atoms with Gasteiger partial charge < -0.3 is 9.42 Å². The average Bonchev–Trinajstić information content (AvgIpc) is 3.35. The Morgan fingerprint density at radius 3 is 2.96 bits per heavy atom. The van der Waals surface area contributed by atoms with Gasteiger partial charge in [-0.15, -0.1) is 0 Å². The lowest BCUT2D eigenvalue weighted by molar-refractivity contribution is -0.137. The molecule has 1 aliphatic heterocycles. The molecule has 1 aliphatic carbocycles. The second-order valence-corrected chi connectivity index (χ2v) is 7.78. The molecule has 6 heteroatoms. The van der Waals surface area contributed by atoms with Gasteiger partial charge in [0.2, 0.25) is 17.6 Å². The Balaban J connectivity index is 1.37. The first kappa shape index (κ1) is 15.8. The molecule has 128 valence electrons. The zero-order valence-corrected chi connectivity index (χ0v) is 14.6. The highest BCUT2D eigenvalue weighted by atomic mass is 32.1. The van der Waals surface area contributed by atoms with E-state index in [4.69, 9.17) is 4.52 Å². The second-order valence-electron chi connectivity index (χ2n) is 7.00. The number of amides is 1. The second kappa shape index (κ2) is 7.05. The van der Waals surface area contributed by atoms with Crippen LogP contribution >= 0.6 is 11.3 Å². The highest BCUT2D eigenvalue weighted by Crippen LogP contribution is 2.29. The van der Waals surface area contributed by atoms with Crippen molar-refractivity contribution >= 4 is 17.2 Å². The Kier molecular flexibility index (Phi) is 4.65. The number of carbonyl (C=O) groups excluding carboxylic acids is 1. The van der Waals surface area contributed by atoms with Crippen molar-refractivity contribution in [3.8, 4) is 11.4 Å². The summed E-state index contributed by atoms with van der Waals surface area (Å²) in [4.78, 5) is 19.2. The number of aromatic nitrogens is 2. The summed E-state index contributed by atoms with van der Waals surface area (Å²) in [6.07, 6.45) is 7.55. The van der Waals surface area contributed by atoms with Gasteiger partial charge in [-0.05, 0) is 43.0 Å². The molecule has 2 fully saturated rings. The summed E-state index contributed by atoms with van der Waals surface area (Å²) in [5, 5.41) is 8.12. The predicted molar refractivity (Wildman–Crippen MR) is 92.6 cm³/mol. The van der Waals surface area contributed by atoms with E-state index in [0.29, 0.717) is 23.5 Å².